The normalized spacial score (nSPS) is 17.1. The lowest BCUT2D eigenvalue weighted by molar-refractivity contribution is 0.00125. The van der Waals surface area contributed by atoms with Crippen LogP contribution >= 0.6 is 11.3 Å². The minimum absolute atomic E-state index is 0.104. The van der Waals surface area contributed by atoms with Gasteiger partial charge in [0.15, 0.2) is 0 Å². The molecule has 1 aromatic carbocycles. The Balaban J connectivity index is 1.39. The quantitative estimate of drug-likeness (QED) is 0.777. The number of nitrogens with one attached hydrogen (secondary N) is 1. The van der Waals surface area contributed by atoms with Crippen LogP contribution in [0, 0.1) is 0 Å². The van der Waals surface area contributed by atoms with Crippen LogP contribution in [0.4, 0.5) is 0 Å². The highest BCUT2D eigenvalue weighted by Gasteiger charge is 2.24. The molecule has 23 heavy (non-hydrogen) atoms. The van der Waals surface area contributed by atoms with Crippen molar-refractivity contribution in [3.05, 3.63) is 52.6 Å². The summed E-state index contributed by atoms with van der Waals surface area (Å²) in [4.78, 5) is 4.26. The highest BCUT2D eigenvalue weighted by atomic mass is 32.1. The van der Waals surface area contributed by atoms with E-state index in [-0.39, 0.29) is 6.10 Å². The second-order valence-electron chi connectivity index (χ2n) is 5.42. The van der Waals surface area contributed by atoms with Gasteiger partial charge in [0.2, 0.25) is 0 Å². The van der Waals surface area contributed by atoms with Gasteiger partial charge in [-0.15, -0.1) is 16.4 Å². The number of ether oxygens (including phenoxy) is 1. The summed E-state index contributed by atoms with van der Waals surface area (Å²) in [6.07, 6.45) is 1.93. The van der Waals surface area contributed by atoms with Gasteiger partial charge >= 0.3 is 0 Å². The first-order valence-corrected chi connectivity index (χ1v) is 8.46. The third kappa shape index (κ3) is 3.17. The molecule has 7 heteroatoms. The van der Waals surface area contributed by atoms with Gasteiger partial charge in [0, 0.05) is 30.2 Å². The lowest BCUT2D eigenvalue weighted by Gasteiger charge is -2.24. The van der Waals surface area contributed by atoms with Crippen LogP contribution in [0.1, 0.15) is 10.7 Å². The first-order valence-electron chi connectivity index (χ1n) is 7.58. The highest BCUT2D eigenvalue weighted by Crippen LogP contribution is 2.24. The van der Waals surface area contributed by atoms with Crippen molar-refractivity contribution in [1.82, 2.24) is 25.3 Å². The maximum absolute atomic E-state index is 5.96. The zero-order valence-electron chi connectivity index (χ0n) is 12.6. The number of fused-ring (bicyclic) bond motifs is 1. The number of rotatable bonds is 5. The first kappa shape index (κ1) is 14.5. The maximum atomic E-state index is 5.96. The Hall–Kier alpha value is -2.09. The predicted molar refractivity (Wildman–Crippen MR) is 87.9 cm³/mol. The molecular formula is C16H17N5OS. The molecule has 0 aliphatic carbocycles. The average Bonchev–Trinajstić information content (AvgIpc) is 3.25. The Labute approximate surface area is 138 Å². The predicted octanol–water partition coefficient (Wildman–Crippen LogP) is 2.09. The summed E-state index contributed by atoms with van der Waals surface area (Å²) in [7, 11) is 0. The molecule has 6 nitrogen and oxygen atoms in total. The lowest BCUT2D eigenvalue weighted by atomic mass is 10.1. The van der Waals surface area contributed by atoms with Crippen molar-refractivity contribution in [3.63, 3.8) is 0 Å². The second kappa shape index (κ2) is 6.57. The number of nitrogens with zero attached hydrogens (tertiary/aromatic N) is 4. The molecule has 0 spiro atoms. The Kier molecular flexibility index (Phi) is 4.14. The molecule has 0 amide bonds. The van der Waals surface area contributed by atoms with E-state index in [1.807, 2.05) is 46.6 Å². The van der Waals surface area contributed by atoms with Gasteiger partial charge in [-0.25, -0.2) is 9.67 Å². The van der Waals surface area contributed by atoms with E-state index in [4.69, 9.17) is 4.74 Å². The van der Waals surface area contributed by atoms with E-state index >= 15 is 0 Å². The third-order valence-corrected chi connectivity index (χ3v) is 4.63. The molecule has 4 rings (SSSR count). The Morgan fingerprint density at radius 1 is 1.30 bits per heavy atom. The molecule has 1 aliphatic rings. The van der Waals surface area contributed by atoms with Crippen LogP contribution < -0.4 is 5.32 Å². The smallest absolute Gasteiger partial charge is 0.118 e. The Morgan fingerprint density at radius 3 is 3.04 bits per heavy atom. The van der Waals surface area contributed by atoms with Gasteiger partial charge in [-0.3, -0.25) is 0 Å². The van der Waals surface area contributed by atoms with E-state index in [0.29, 0.717) is 6.61 Å². The van der Waals surface area contributed by atoms with Crippen LogP contribution in [0.5, 0.6) is 0 Å². The van der Waals surface area contributed by atoms with Gasteiger partial charge in [-0.1, -0.05) is 35.5 Å². The fourth-order valence-electron chi connectivity index (χ4n) is 2.69. The fraction of sp³-hybridized carbons (Fsp3) is 0.312. The van der Waals surface area contributed by atoms with Gasteiger partial charge in [0.1, 0.15) is 10.7 Å². The molecule has 1 atom stereocenters. The molecule has 3 heterocycles. The van der Waals surface area contributed by atoms with E-state index in [0.717, 1.165) is 41.6 Å². The highest BCUT2D eigenvalue weighted by molar-refractivity contribution is 7.09. The minimum Gasteiger partial charge on any atom is -0.369 e. The van der Waals surface area contributed by atoms with E-state index < -0.39 is 0 Å². The van der Waals surface area contributed by atoms with E-state index in [9.17, 15) is 0 Å². The third-order valence-electron chi connectivity index (χ3n) is 3.85. The summed E-state index contributed by atoms with van der Waals surface area (Å²) in [6.45, 7) is 2.82. The van der Waals surface area contributed by atoms with Crippen LogP contribution in [0.3, 0.4) is 0 Å². The molecule has 0 saturated carbocycles. The van der Waals surface area contributed by atoms with Crippen molar-refractivity contribution in [3.8, 4) is 11.3 Å². The summed E-state index contributed by atoms with van der Waals surface area (Å²) in [6, 6.07) is 10.1. The van der Waals surface area contributed by atoms with Crippen LogP contribution in [0.2, 0.25) is 0 Å². The molecule has 0 saturated heterocycles. The minimum atomic E-state index is 0.104. The molecular weight excluding hydrogens is 310 g/mol. The molecule has 1 N–H and O–H groups in total. The second-order valence-corrected chi connectivity index (χ2v) is 6.40. The van der Waals surface area contributed by atoms with Crippen LogP contribution in [-0.4, -0.2) is 32.6 Å². The first-order chi connectivity index (χ1) is 11.4. The fourth-order valence-corrected chi connectivity index (χ4v) is 3.27. The van der Waals surface area contributed by atoms with Gasteiger partial charge < -0.3 is 10.1 Å². The van der Waals surface area contributed by atoms with Crippen molar-refractivity contribution >= 4 is 11.3 Å². The molecule has 118 valence electrons. The molecule has 2 aromatic heterocycles. The van der Waals surface area contributed by atoms with E-state index in [2.05, 4.69) is 20.6 Å². The van der Waals surface area contributed by atoms with Crippen LogP contribution in [0.15, 0.2) is 41.9 Å². The summed E-state index contributed by atoms with van der Waals surface area (Å²) < 4.78 is 7.92. The largest absolute Gasteiger partial charge is 0.369 e. The number of benzene rings is 1. The molecule has 0 fully saturated rings. The lowest BCUT2D eigenvalue weighted by Crippen LogP contribution is -2.36. The van der Waals surface area contributed by atoms with E-state index in [1.54, 1.807) is 11.3 Å². The zero-order chi connectivity index (χ0) is 15.5. The summed E-state index contributed by atoms with van der Waals surface area (Å²) in [5.74, 6) is 0. The molecule has 0 radical (unpaired) electrons. The maximum Gasteiger partial charge on any atom is 0.118 e. The number of aromatic nitrogens is 4. The van der Waals surface area contributed by atoms with Crippen molar-refractivity contribution in [2.45, 2.75) is 25.8 Å². The average molecular weight is 327 g/mol. The van der Waals surface area contributed by atoms with Crippen molar-refractivity contribution in [2.24, 2.45) is 0 Å². The van der Waals surface area contributed by atoms with Gasteiger partial charge in [-0.05, 0) is 0 Å². The van der Waals surface area contributed by atoms with Crippen LogP contribution in [0.25, 0.3) is 11.3 Å². The summed E-state index contributed by atoms with van der Waals surface area (Å²) >= 11 is 1.66. The van der Waals surface area contributed by atoms with Gasteiger partial charge in [0.05, 0.1) is 24.9 Å². The van der Waals surface area contributed by atoms with E-state index in [1.165, 1.54) is 0 Å². The SMILES string of the molecule is c1ccc(-c2nnn3c2COC(CNCc2nccs2)C3)cc1. The monoisotopic (exact) mass is 327 g/mol. The number of hydrogen-bond acceptors (Lipinski definition) is 6. The van der Waals surface area contributed by atoms with Gasteiger partial charge in [-0.2, -0.15) is 0 Å². The Morgan fingerprint density at radius 2 is 2.22 bits per heavy atom. The zero-order valence-corrected chi connectivity index (χ0v) is 13.4. The molecule has 1 aliphatic heterocycles. The summed E-state index contributed by atoms with van der Waals surface area (Å²) in [5, 5.41) is 15.1. The Bertz CT molecular complexity index is 756. The molecule has 1 unspecified atom stereocenters. The van der Waals surface area contributed by atoms with Gasteiger partial charge in [0.25, 0.3) is 0 Å². The summed E-state index contributed by atoms with van der Waals surface area (Å²) in [5.41, 5.74) is 3.05. The van der Waals surface area contributed by atoms with Crippen LogP contribution in [-0.2, 0) is 24.4 Å². The van der Waals surface area contributed by atoms with Crippen molar-refractivity contribution < 1.29 is 4.74 Å². The number of thiazole rings is 1. The van der Waals surface area contributed by atoms with Crippen molar-refractivity contribution in [1.29, 1.82) is 0 Å². The number of hydrogen-bond donors (Lipinski definition) is 1. The molecule has 0 bridgehead atoms. The standard InChI is InChI=1S/C16H17N5OS/c1-2-4-12(5-3-1)16-14-11-22-13(10-21(14)20-19-16)8-17-9-15-18-6-7-23-15/h1-7,13,17H,8-11H2. The van der Waals surface area contributed by atoms with Crippen molar-refractivity contribution in [2.75, 3.05) is 6.54 Å². The molecule has 3 aromatic rings. The topological polar surface area (TPSA) is 64.9 Å².